The zero-order valence-electron chi connectivity index (χ0n) is 14.0. The molecule has 0 bridgehead atoms. The van der Waals surface area contributed by atoms with Crippen LogP contribution in [0.2, 0.25) is 0 Å². The molecule has 0 fully saturated rings. The number of carbonyl (C=O) groups excluding carboxylic acids is 2. The van der Waals surface area contributed by atoms with Crippen LogP contribution in [-0.4, -0.2) is 12.6 Å². The first-order valence-electron chi connectivity index (χ1n) is 8.07. The highest BCUT2D eigenvalue weighted by molar-refractivity contribution is 8.77. The van der Waals surface area contributed by atoms with E-state index in [9.17, 15) is 9.59 Å². The molecule has 2 aromatic rings. The van der Waals surface area contributed by atoms with Gasteiger partial charge in [-0.2, -0.15) is 0 Å². The second kappa shape index (κ2) is 8.54. The van der Waals surface area contributed by atoms with Crippen LogP contribution >= 0.6 is 21.6 Å². The Kier molecular flexibility index (Phi) is 6.69. The molecule has 2 aromatic carbocycles. The summed E-state index contributed by atoms with van der Waals surface area (Å²) < 4.78 is -1.30. The van der Waals surface area contributed by atoms with Gasteiger partial charge in [0, 0.05) is 0 Å². The number of rotatable bonds is 9. The second-order valence-electron chi connectivity index (χ2n) is 5.62. The SMILES string of the molecule is CCC(C=O)(SSC(C=O)(CC)c1ccccc1)c1ccccc1. The molecule has 126 valence electrons. The van der Waals surface area contributed by atoms with Crippen LogP contribution in [0.5, 0.6) is 0 Å². The van der Waals surface area contributed by atoms with E-state index in [0.29, 0.717) is 12.8 Å². The zero-order valence-corrected chi connectivity index (χ0v) is 15.6. The average molecular weight is 359 g/mol. The Morgan fingerprint density at radius 3 is 1.29 bits per heavy atom. The van der Waals surface area contributed by atoms with Crippen LogP contribution in [0.15, 0.2) is 60.7 Å². The minimum atomic E-state index is -0.649. The molecule has 4 heteroatoms. The summed E-state index contributed by atoms with van der Waals surface area (Å²) in [5, 5.41) is 0. The van der Waals surface area contributed by atoms with Crippen molar-refractivity contribution >= 4 is 34.2 Å². The molecule has 0 aliphatic rings. The second-order valence-corrected chi connectivity index (χ2v) is 8.41. The highest BCUT2D eigenvalue weighted by Gasteiger charge is 2.38. The number of hydrogen-bond acceptors (Lipinski definition) is 4. The minimum Gasteiger partial charge on any atom is -0.301 e. The molecule has 0 spiro atoms. The van der Waals surface area contributed by atoms with Crippen molar-refractivity contribution in [2.45, 2.75) is 36.2 Å². The Balaban J connectivity index is 2.33. The number of benzene rings is 2. The maximum atomic E-state index is 12.0. The fourth-order valence-corrected chi connectivity index (χ4v) is 6.04. The third-order valence-corrected chi connectivity index (χ3v) is 8.25. The number of aldehydes is 2. The zero-order chi connectivity index (χ0) is 17.5. The van der Waals surface area contributed by atoms with Crippen molar-refractivity contribution < 1.29 is 9.59 Å². The molecule has 2 rings (SSSR count). The average Bonchev–Trinajstić information content (AvgIpc) is 2.68. The topological polar surface area (TPSA) is 34.1 Å². The highest BCUT2D eigenvalue weighted by Crippen LogP contribution is 2.53. The van der Waals surface area contributed by atoms with E-state index in [1.165, 1.54) is 21.6 Å². The van der Waals surface area contributed by atoms with Gasteiger partial charge in [0.05, 0.1) is 0 Å². The van der Waals surface area contributed by atoms with Gasteiger partial charge in [0.2, 0.25) is 0 Å². The first kappa shape index (κ1) is 18.8. The van der Waals surface area contributed by atoms with Crippen molar-refractivity contribution in [3.63, 3.8) is 0 Å². The summed E-state index contributed by atoms with van der Waals surface area (Å²) >= 11 is 0. The summed E-state index contributed by atoms with van der Waals surface area (Å²) in [6, 6.07) is 19.6. The lowest BCUT2D eigenvalue weighted by Crippen LogP contribution is -2.26. The van der Waals surface area contributed by atoms with Crippen molar-refractivity contribution in [3.8, 4) is 0 Å². The molecular formula is C20H22O2S2. The molecule has 0 saturated carbocycles. The quantitative estimate of drug-likeness (QED) is 0.445. The normalized spacial score (nSPS) is 15.9. The van der Waals surface area contributed by atoms with E-state index in [1.54, 1.807) is 0 Å². The Morgan fingerprint density at radius 2 is 1.04 bits per heavy atom. The van der Waals surface area contributed by atoms with Gasteiger partial charge in [0.25, 0.3) is 0 Å². The summed E-state index contributed by atoms with van der Waals surface area (Å²) in [6.45, 7) is 4.01. The van der Waals surface area contributed by atoms with Crippen LogP contribution in [0.1, 0.15) is 37.8 Å². The summed E-state index contributed by atoms with van der Waals surface area (Å²) in [5.41, 5.74) is 1.95. The summed E-state index contributed by atoms with van der Waals surface area (Å²) in [7, 11) is 2.98. The van der Waals surface area contributed by atoms with Crippen molar-refractivity contribution in [1.29, 1.82) is 0 Å². The fourth-order valence-electron chi connectivity index (χ4n) is 2.55. The molecular weight excluding hydrogens is 336 g/mol. The Labute approximate surface area is 151 Å². The summed E-state index contributed by atoms with van der Waals surface area (Å²) in [6.07, 6.45) is 3.36. The summed E-state index contributed by atoms with van der Waals surface area (Å²) in [4.78, 5) is 23.9. The maximum Gasteiger partial charge on any atom is 0.141 e. The first-order chi connectivity index (χ1) is 11.7. The number of hydrogen-bond donors (Lipinski definition) is 0. The van der Waals surface area contributed by atoms with E-state index in [-0.39, 0.29) is 0 Å². The Morgan fingerprint density at radius 1 is 0.708 bits per heavy atom. The van der Waals surface area contributed by atoms with E-state index in [1.807, 2.05) is 74.5 Å². The smallest absolute Gasteiger partial charge is 0.141 e. The largest absolute Gasteiger partial charge is 0.301 e. The first-order valence-corrected chi connectivity index (χ1v) is 10.2. The number of carbonyl (C=O) groups is 2. The van der Waals surface area contributed by atoms with Crippen LogP contribution in [-0.2, 0) is 19.1 Å². The Hall–Kier alpha value is -1.52. The van der Waals surface area contributed by atoms with Crippen LogP contribution in [0.4, 0.5) is 0 Å². The van der Waals surface area contributed by atoms with Gasteiger partial charge in [-0.15, -0.1) is 0 Å². The van der Waals surface area contributed by atoms with Gasteiger partial charge in [-0.05, 0) is 24.0 Å². The lowest BCUT2D eigenvalue weighted by Gasteiger charge is -2.32. The van der Waals surface area contributed by atoms with Crippen molar-refractivity contribution in [3.05, 3.63) is 71.8 Å². The molecule has 0 aliphatic heterocycles. The molecule has 0 radical (unpaired) electrons. The van der Waals surface area contributed by atoms with Gasteiger partial charge in [0.1, 0.15) is 22.1 Å². The molecule has 0 aromatic heterocycles. The van der Waals surface area contributed by atoms with Gasteiger partial charge in [0.15, 0.2) is 0 Å². The van der Waals surface area contributed by atoms with Crippen LogP contribution in [0.25, 0.3) is 0 Å². The third kappa shape index (κ3) is 3.76. The van der Waals surface area contributed by atoms with Crippen molar-refractivity contribution in [2.75, 3.05) is 0 Å². The maximum absolute atomic E-state index is 12.0. The molecule has 2 unspecified atom stereocenters. The molecule has 2 nitrogen and oxygen atoms in total. The van der Waals surface area contributed by atoms with Gasteiger partial charge in [-0.25, -0.2) is 0 Å². The van der Waals surface area contributed by atoms with Crippen LogP contribution in [0.3, 0.4) is 0 Å². The third-order valence-electron chi connectivity index (χ3n) is 4.30. The lowest BCUT2D eigenvalue weighted by molar-refractivity contribution is -0.110. The molecule has 0 amide bonds. The Bertz CT molecular complexity index is 600. The summed E-state index contributed by atoms with van der Waals surface area (Å²) in [5.74, 6) is 0. The van der Waals surface area contributed by atoms with Gasteiger partial charge in [-0.3, -0.25) is 0 Å². The van der Waals surface area contributed by atoms with Crippen molar-refractivity contribution in [1.82, 2.24) is 0 Å². The molecule has 2 atom stereocenters. The van der Waals surface area contributed by atoms with Crippen LogP contribution in [0, 0.1) is 0 Å². The van der Waals surface area contributed by atoms with Gasteiger partial charge in [-0.1, -0.05) is 96.1 Å². The van der Waals surface area contributed by atoms with E-state index in [0.717, 1.165) is 23.7 Å². The van der Waals surface area contributed by atoms with E-state index >= 15 is 0 Å². The predicted octanol–water partition coefficient (Wildman–Crippen LogP) is 5.38. The standard InChI is InChI=1S/C20H22O2S2/c1-3-19(15-21,17-11-7-5-8-12-17)23-24-20(4-2,16-22)18-13-9-6-10-14-18/h5-16H,3-4H2,1-2H3. The lowest BCUT2D eigenvalue weighted by atomic mass is 9.97. The van der Waals surface area contributed by atoms with Gasteiger partial charge < -0.3 is 9.59 Å². The van der Waals surface area contributed by atoms with E-state index < -0.39 is 9.49 Å². The minimum absolute atomic E-state index is 0.649. The van der Waals surface area contributed by atoms with Crippen LogP contribution < -0.4 is 0 Å². The molecule has 0 saturated heterocycles. The van der Waals surface area contributed by atoms with Crippen molar-refractivity contribution in [2.24, 2.45) is 0 Å². The van der Waals surface area contributed by atoms with Gasteiger partial charge >= 0.3 is 0 Å². The predicted molar refractivity (Wildman–Crippen MR) is 104 cm³/mol. The van der Waals surface area contributed by atoms with E-state index in [4.69, 9.17) is 0 Å². The monoisotopic (exact) mass is 358 g/mol. The van der Waals surface area contributed by atoms with E-state index in [2.05, 4.69) is 0 Å². The highest BCUT2D eigenvalue weighted by atomic mass is 33.1. The molecule has 24 heavy (non-hydrogen) atoms. The fraction of sp³-hybridized carbons (Fsp3) is 0.300. The molecule has 0 heterocycles. The molecule has 0 aliphatic carbocycles. The molecule has 0 N–H and O–H groups in total.